The van der Waals surface area contributed by atoms with Gasteiger partial charge in [0.2, 0.25) is 0 Å². The first kappa shape index (κ1) is 12.3. The zero-order valence-electron chi connectivity index (χ0n) is 9.42. The smallest absolute Gasteiger partial charge is 0.0599 e. The Labute approximate surface area is 96.3 Å². The van der Waals surface area contributed by atoms with E-state index in [-0.39, 0.29) is 0 Å². The van der Waals surface area contributed by atoms with Gasteiger partial charge in [-0.3, -0.25) is 4.90 Å². The zero-order valence-corrected chi connectivity index (χ0v) is 10.2. The number of terminal acetylenes is 1. The summed E-state index contributed by atoms with van der Waals surface area (Å²) in [6.07, 6.45) is 5.26. The Morgan fingerprint density at radius 2 is 2.20 bits per heavy atom. The van der Waals surface area contributed by atoms with Crippen molar-refractivity contribution >= 4 is 11.3 Å². The minimum absolute atomic E-state index is 0.709. The molecule has 0 saturated carbocycles. The normalized spacial score (nSPS) is 10.5. The van der Waals surface area contributed by atoms with E-state index in [1.807, 2.05) is 18.4 Å². The molecule has 0 aromatic carbocycles. The molecule has 0 amide bonds. The summed E-state index contributed by atoms with van der Waals surface area (Å²) in [6, 6.07) is 4.37. The highest BCUT2D eigenvalue weighted by Crippen LogP contribution is 2.17. The Hall–Kier alpha value is -0.820. The second-order valence-electron chi connectivity index (χ2n) is 3.52. The van der Waals surface area contributed by atoms with Gasteiger partial charge in [0.05, 0.1) is 6.54 Å². The van der Waals surface area contributed by atoms with Crippen LogP contribution < -0.4 is 5.32 Å². The largest absolute Gasteiger partial charge is 0.312 e. The van der Waals surface area contributed by atoms with Crippen molar-refractivity contribution in [2.24, 2.45) is 0 Å². The van der Waals surface area contributed by atoms with Gasteiger partial charge < -0.3 is 5.32 Å². The van der Waals surface area contributed by atoms with Crippen LogP contribution in [0, 0.1) is 12.3 Å². The lowest BCUT2D eigenvalue weighted by atomic mass is 10.4. The van der Waals surface area contributed by atoms with Crippen LogP contribution in [-0.4, -0.2) is 25.0 Å². The number of thiophene rings is 1. The fourth-order valence-electron chi connectivity index (χ4n) is 1.33. The summed E-state index contributed by atoms with van der Waals surface area (Å²) in [6.45, 7) is 5.76. The van der Waals surface area contributed by atoms with E-state index >= 15 is 0 Å². The Morgan fingerprint density at radius 3 is 2.87 bits per heavy atom. The summed E-state index contributed by atoms with van der Waals surface area (Å²) < 4.78 is 0. The van der Waals surface area contributed by atoms with E-state index in [0.717, 1.165) is 19.6 Å². The molecule has 1 N–H and O–H groups in total. The third kappa shape index (κ3) is 4.48. The molecule has 3 heteroatoms. The Bertz CT molecular complexity index is 325. The second kappa shape index (κ2) is 6.62. The van der Waals surface area contributed by atoms with Gasteiger partial charge in [0, 0.05) is 22.8 Å². The maximum atomic E-state index is 5.26. The molecule has 1 aromatic heterocycles. The molecule has 1 aromatic rings. The third-order valence-corrected chi connectivity index (χ3v) is 3.12. The predicted octanol–water partition coefficient (Wildman–Crippen LogP) is 1.92. The van der Waals surface area contributed by atoms with Crippen LogP contribution in [-0.2, 0) is 13.1 Å². The van der Waals surface area contributed by atoms with Crippen molar-refractivity contribution in [2.75, 3.05) is 20.1 Å². The summed E-state index contributed by atoms with van der Waals surface area (Å²) >= 11 is 1.85. The summed E-state index contributed by atoms with van der Waals surface area (Å²) in [7, 11) is 2.05. The van der Waals surface area contributed by atoms with Gasteiger partial charge in [-0.05, 0) is 25.7 Å². The van der Waals surface area contributed by atoms with Gasteiger partial charge >= 0.3 is 0 Å². The molecular formula is C12H18N2S. The molecule has 0 aliphatic carbocycles. The molecule has 0 bridgehead atoms. The lowest BCUT2D eigenvalue weighted by Crippen LogP contribution is -2.16. The number of nitrogens with one attached hydrogen (secondary N) is 1. The molecule has 0 aliphatic heterocycles. The summed E-state index contributed by atoms with van der Waals surface area (Å²) in [5.41, 5.74) is 0. The van der Waals surface area contributed by atoms with Crippen LogP contribution in [0.1, 0.15) is 16.7 Å². The number of hydrogen-bond donors (Lipinski definition) is 1. The van der Waals surface area contributed by atoms with Crippen LogP contribution in [0.2, 0.25) is 0 Å². The topological polar surface area (TPSA) is 15.3 Å². The van der Waals surface area contributed by atoms with Gasteiger partial charge in [-0.1, -0.05) is 12.8 Å². The first-order chi connectivity index (χ1) is 7.26. The molecule has 0 unspecified atom stereocenters. The molecule has 1 heterocycles. The molecule has 0 spiro atoms. The molecule has 0 fully saturated rings. The maximum Gasteiger partial charge on any atom is 0.0599 e. The molecule has 82 valence electrons. The van der Waals surface area contributed by atoms with E-state index in [0.29, 0.717) is 6.54 Å². The van der Waals surface area contributed by atoms with Gasteiger partial charge in [-0.2, -0.15) is 0 Å². The molecule has 1 rings (SSSR count). The lowest BCUT2D eigenvalue weighted by Gasteiger charge is -2.10. The van der Waals surface area contributed by atoms with E-state index in [1.54, 1.807) is 0 Å². The molecule has 0 aliphatic rings. The van der Waals surface area contributed by atoms with E-state index in [9.17, 15) is 0 Å². The summed E-state index contributed by atoms with van der Waals surface area (Å²) in [4.78, 5) is 4.91. The molecule has 15 heavy (non-hydrogen) atoms. The third-order valence-electron chi connectivity index (χ3n) is 2.05. The summed E-state index contributed by atoms with van der Waals surface area (Å²) in [5, 5.41) is 3.32. The Morgan fingerprint density at radius 1 is 1.47 bits per heavy atom. The van der Waals surface area contributed by atoms with Crippen molar-refractivity contribution in [3.63, 3.8) is 0 Å². The van der Waals surface area contributed by atoms with Gasteiger partial charge in [-0.25, -0.2) is 0 Å². The summed E-state index contributed by atoms with van der Waals surface area (Å²) in [5.74, 6) is 2.65. The second-order valence-corrected chi connectivity index (χ2v) is 4.78. The standard InChI is InChI=1S/C12H18N2S/c1-4-8-14(3)10-12-7-6-11(15-12)9-13-5-2/h1,6-7,13H,5,8-10H2,2-3H3. The van der Waals surface area contributed by atoms with Crippen LogP contribution in [0.25, 0.3) is 0 Å². The molecule has 0 radical (unpaired) electrons. The molecular weight excluding hydrogens is 204 g/mol. The monoisotopic (exact) mass is 222 g/mol. The van der Waals surface area contributed by atoms with Gasteiger partial charge in [-0.15, -0.1) is 17.8 Å². The van der Waals surface area contributed by atoms with Crippen molar-refractivity contribution in [3.8, 4) is 12.3 Å². The zero-order chi connectivity index (χ0) is 11.1. The van der Waals surface area contributed by atoms with Crippen molar-refractivity contribution in [1.29, 1.82) is 0 Å². The van der Waals surface area contributed by atoms with Crippen LogP contribution >= 0.6 is 11.3 Å². The van der Waals surface area contributed by atoms with E-state index < -0.39 is 0 Å². The average molecular weight is 222 g/mol. The number of hydrogen-bond acceptors (Lipinski definition) is 3. The highest BCUT2D eigenvalue weighted by Gasteiger charge is 2.02. The van der Waals surface area contributed by atoms with E-state index in [4.69, 9.17) is 6.42 Å². The van der Waals surface area contributed by atoms with Crippen molar-refractivity contribution in [3.05, 3.63) is 21.9 Å². The van der Waals surface area contributed by atoms with Crippen molar-refractivity contribution in [2.45, 2.75) is 20.0 Å². The fourth-order valence-corrected chi connectivity index (χ4v) is 2.40. The number of nitrogens with zero attached hydrogens (tertiary/aromatic N) is 1. The molecule has 0 atom stereocenters. The van der Waals surface area contributed by atoms with Gasteiger partial charge in [0.1, 0.15) is 0 Å². The van der Waals surface area contributed by atoms with Gasteiger partial charge in [0.15, 0.2) is 0 Å². The van der Waals surface area contributed by atoms with Crippen molar-refractivity contribution in [1.82, 2.24) is 10.2 Å². The first-order valence-electron chi connectivity index (χ1n) is 5.16. The van der Waals surface area contributed by atoms with Crippen LogP contribution in [0.5, 0.6) is 0 Å². The van der Waals surface area contributed by atoms with Crippen LogP contribution in [0.4, 0.5) is 0 Å². The van der Waals surface area contributed by atoms with Crippen LogP contribution in [0.15, 0.2) is 12.1 Å². The minimum atomic E-state index is 0.709. The lowest BCUT2D eigenvalue weighted by molar-refractivity contribution is 0.372. The average Bonchev–Trinajstić information content (AvgIpc) is 2.63. The molecule has 2 nitrogen and oxygen atoms in total. The highest BCUT2D eigenvalue weighted by atomic mass is 32.1. The highest BCUT2D eigenvalue weighted by molar-refractivity contribution is 7.11. The SMILES string of the molecule is C#CCN(C)Cc1ccc(CNCC)s1. The Balaban J connectivity index is 2.42. The van der Waals surface area contributed by atoms with E-state index in [1.165, 1.54) is 9.75 Å². The first-order valence-corrected chi connectivity index (χ1v) is 5.98. The predicted molar refractivity (Wildman–Crippen MR) is 66.9 cm³/mol. The van der Waals surface area contributed by atoms with Crippen LogP contribution in [0.3, 0.4) is 0 Å². The Kier molecular flexibility index (Phi) is 5.41. The fraction of sp³-hybridized carbons (Fsp3) is 0.500. The maximum absolute atomic E-state index is 5.26. The number of rotatable bonds is 6. The van der Waals surface area contributed by atoms with Gasteiger partial charge in [0.25, 0.3) is 0 Å². The molecule has 0 saturated heterocycles. The minimum Gasteiger partial charge on any atom is -0.312 e. The van der Waals surface area contributed by atoms with Crippen molar-refractivity contribution < 1.29 is 0 Å². The van der Waals surface area contributed by atoms with E-state index in [2.05, 4.69) is 35.2 Å². The quantitative estimate of drug-likeness (QED) is 0.740.